The standard InChI is InChI=1S/C48H41N3O/c1-47(2)40-22-34(36-17-18-39(45-44(36)49-28-52-45)48-25-29-19-30(26-48)21-31(20-29)27-48)13-15-37(40)38-16-14-35(23-41(38)47)43-24-42(32-9-5-3-6-10-32)50-46(51-43)33-11-7-4-8-12-33/h3-18,22-24,28-31H,19-21,25-27H2,1-2H3. The Hall–Kier alpha value is -5.35. The minimum Gasteiger partial charge on any atom is -0.443 e. The summed E-state index contributed by atoms with van der Waals surface area (Å²) in [6, 6.07) is 41.5. The van der Waals surface area contributed by atoms with Gasteiger partial charge in [0.25, 0.3) is 0 Å². The highest BCUT2D eigenvalue weighted by atomic mass is 16.3. The van der Waals surface area contributed by atoms with Crippen molar-refractivity contribution in [1.82, 2.24) is 15.0 Å². The van der Waals surface area contributed by atoms with E-state index in [9.17, 15) is 0 Å². The zero-order chi connectivity index (χ0) is 34.6. The second kappa shape index (κ2) is 11.1. The summed E-state index contributed by atoms with van der Waals surface area (Å²) >= 11 is 0. The van der Waals surface area contributed by atoms with Gasteiger partial charge in [-0.25, -0.2) is 15.0 Å². The maximum atomic E-state index is 6.29. The fourth-order valence-corrected chi connectivity index (χ4v) is 11.2. The van der Waals surface area contributed by atoms with Crippen LogP contribution in [0.5, 0.6) is 0 Å². The lowest BCUT2D eigenvalue weighted by Crippen LogP contribution is -2.48. The molecule has 0 radical (unpaired) electrons. The van der Waals surface area contributed by atoms with Crippen molar-refractivity contribution in [3.05, 3.63) is 138 Å². The molecular weight excluding hydrogens is 635 g/mol. The van der Waals surface area contributed by atoms with Crippen molar-refractivity contribution in [2.45, 2.75) is 63.2 Å². The Morgan fingerprint density at radius 2 is 1.10 bits per heavy atom. The predicted octanol–water partition coefficient (Wildman–Crippen LogP) is 12.1. The Morgan fingerprint density at radius 3 is 1.75 bits per heavy atom. The number of rotatable bonds is 5. The number of aromatic nitrogens is 3. The first-order chi connectivity index (χ1) is 25.4. The van der Waals surface area contributed by atoms with E-state index in [1.165, 1.54) is 71.9 Å². The summed E-state index contributed by atoms with van der Waals surface area (Å²) < 4.78 is 6.29. The fraction of sp³-hybridized carbons (Fsp3) is 0.271. The molecule has 254 valence electrons. The summed E-state index contributed by atoms with van der Waals surface area (Å²) in [7, 11) is 0. The van der Waals surface area contributed by atoms with Crippen LogP contribution in [0.15, 0.2) is 126 Å². The second-order valence-electron chi connectivity index (χ2n) is 16.7. The first kappa shape index (κ1) is 30.3. The molecular formula is C48H41N3O. The lowest BCUT2D eigenvalue weighted by molar-refractivity contribution is -0.00487. The molecule has 0 atom stereocenters. The number of hydrogen-bond acceptors (Lipinski definition) is 4. The molecule has 5 aliphatic rings. The van der Waals surface area contributed by atoms with Crippen LogP contribution >= 0.6 is 0 Å². The number of oxazole rings is 1. The summed E-state index contributed by atoms with van der Waals surface area (Å²) in [5.74, 6) is 3.39. The number of hydrogen-bond donors (Lipinski definition) is 0. The third-order valence-corrected chi connectivity index (χ3v) is 13.2. The molecule has 0 amide bonds. The fourth-order valence-electron chi connectivity index (χ4n) is 11.2. The predicted molar refractivity (Wildman–Crippen MR) is 209 cm³/mol. The highest BCUT2D eigenvalue weighted by Crippen LogP contribution is 2.62. The van der Waals surface area contributed by atoms with Crippen LogP contribution in [0.2, 0.25) is 0 Å². The van der Waals surface area contributed by atoms with E-state index in [0.717, 1.165) is 68.3 Å². The molecule has 7 aromatic rings. The lowest BCUT2D eigenvalue weighted by atomic mass is 9.48. The lowest BCUT2D eigenvalue weighted by Gasteiger charge is -2.57. The first-order valence-electron chi connectivity index (χ1n) is 19.1. The Bertz CT molecular complexity index is 2440. The van der Waals surface area contributed by atoms with Crippen molar-refractivity contribution in [2.24, 2.45) is 17.8 Å². The monoisotopic (exact) mass is 675 g/mol. The van der Waals surface area contributed by atoms with Crippen LogP contribution < -0.4 is 0 Å². The van der Waals surface area contributed by atoms with Gasteiger partial charge in [-0.15, -0.1) is 0 Å². The van der Waals surface area contributed by atoms with Gasteiger partial charge in [-0.2, -0.15) is 0 Å². The zero-order valence-corrected chi connectivity index (χ0v) is 29.8. The minimum absolute atomic E-state index is 0.198. The van der Waals surface area contributed by atoms with Crippen LogP contribution in [0.1, 0.15) is 69.1 Å². The molecule has 5 aliphatic carbocycles. The second-order valence-corrected chi connectivity index (χ2v) is 16.7. The maximum Gasteiger partial charge on any atom is 0.182 e. The van der Waals surface area contributed by atoms with Crippen LogP contribution in [0.4, 0.5) is 0 Å². The van der Waals surface area contributed by atoms with Gasteiger partial charge in [-0.05, 0) is 108 Å². The SMILES string of the molecule is CC1(C)c2cc(-c3cc(-c4ccccc4)nc(-c4ccccc4)n3)ccc2-c2ccc(-c3ccc(C45CC6CC(CC(C6)C4)C5)c4ocnc34)cc21. The van der Waals surface area contributed by atoms with Crippen molar-refractivity contribution >= 4 is 11.1 Å². The van der Waals surface area contributed by atoms with Gasteiger partial charge < -0.3 is 4.42 Å². The molecule has 4 fully saturated rings. The topological polar surface area (TPSA) is 51.8 Å². The van der Waals surface area contributed by atoms with E-state index in [1.54, 1.807) is 6.39 Å². The summed E-state index contributed by atoms with van der Waals surface area (Å²) in [5.41, 5.74) is 16.2. The van der Waals surface area contributed by atoms with E-state index in [4.69, 9.17) is 19.4 Å². The molecule has 2 heterocycles. The molecule has 0 N–H and O–H groups in total. The maximum absolute atomic E-state index is 6.29. The third-order valence-electron chi connectivity index (χ3n) is 13.2. The molecule has 4 heteroatoms. The molecule has 0 spiro atoms. The molecule has 4 bridgehead atoms. The Morgan fingerprint density at radius 1 is 0.538 bits per heavy atom. The van der Waals surface area contributed by atoms with Gasteiger partial charge in [0.05, 0.1) is 11.4 Å². The van der Waals surface area contributed by atoms with Crippen LogP contribution in [0.3, 0.4) is 0 Å². The van der Waals surface area contributed by atoms with Crippen molar-refractivity contribution < 1.29 is 4.42 Å². The van der Waals surface area contributed by atoms with E-state index in [-0.39, 0.29) is 10.8 Å². The number of benzene rings is 5. The van der Waals surface area contributed by atoms with Gasteiger partial charge in [-0.3, -0.25) is 0 Å². The van der Waals surface area contributed by atoms with E-state index in [1.807, 2.05) is 24.3 Å². The average Bonchev–Trinajstić information content (AvgIpc) is 3.75. The molecule has 12 rings (SSSR count). The quantitative estimate of drug-likeness (QED) is 0.182. The van der Waals surface area contributed by atoms with Crippen LogP contribution in [-0.4, -0.2) is 15.0 Å². The van der Waals surface area contributed by atoms with Crippen molar-refractivity contribution in [3.63, 3.8) is 0 Å². The van der Waals surface area contributed by atoms with E-state index >= 15 is 0 Å². The summed E-state index contributed by atoms with van der Waals surface area (Å²) in [6.07, 6.45) is 9.94. The number of nitrogens with zero attached hydrogens (tertiary/aromatic N) is 3. The Balaban J connectivity index is 0.979. The largest absolute Gasteiger partial charge is 0.443 e. The van der Waals surface area contributed by atoms with Gasteiger partial charge in [0.2, 0.25) is 0 Å². The van der Waals surface area contributed by atoms with E-state index in [0.29, 0.717) is 0 Å². The van der Waals surface area contributed by atoms with Gasteiger partial charge in [-0.1, -0.05) is 111 Å². The van der Waals surface area contributed by atoms with Gasteiger partial charge in [0, 0.05) is 33.2 Å². The van der Waals surface area contributed by atoms with Crippen LogP contribution in [0.25, 0.3) is 67.3 Å². The van der Waals surface area contributed by atoms with Crippen LogP contribution in [0, 0.1) is 17.8 Å². The van der Waals surface area contributed by atoms with E-state index < -0.39 is 0 Å². The normalized spacial score (nSPS) is 23.5. The third kappa shape index (κ3) is 4.56. The van der Waals surface area contributed by atoms with Crippen LogP contribution in [-0.2, 0) is 10.8 Å². The molecule has 0 aliphatic heterocycles. The highest BCUT2D eigenvalue weighted by molar-refractivity contribution is 5.95. The van der Waals surface area contributed by atoms with Gasteiger partial charge in [0.15, 0.2) is 17.8 Å². The van der Waals surface area contributed by atoms with Gasteiger partial charge >= 0.3 is 0 Å². The Labute approximate surface area is 305 Å². The molecule has 52 heavy (non-hydrogen) atoms. The summed E-state index contributed by atoms with van der Waals surface area (Å²) in [5, 5.41) is 0. The van der Waals surface area contributed by atoms with E-state index in [2.05, 4.69) is 105 Å². The summed E-state index contributed by atoms with van der Waals surface area (Å²) in [6.45, 7) is 4.72. The average molecular weight is 676 g/mol. The molecule has 4 saturated carbocycles. The summed E-state index contributed by atoms with van der Waals surface area (Å²) in [4.78, 5) is 15.0. The van der Waals surface area contributed by atoms with Crippen molar-refractivity contribution in [1.29, 1.82) is 0 Å². The minimum atomic E-state index is -0.198. The molecule has 5 aromatic carbocycles. The van der Waals surface area contributed by atoms with Crippen molar-refractivity contribution in [2.75, 3.05) is 0 Å². The molecule has 4 nitrogen and oxygen atoms in total. The zero-order valence-electron chi connectivity index (χ0n) is 29.8. The smallest absolute Gasteiger partial charge is 0.182 e. The molecule has 2 aromatic heterocycles. The molecule has 0 saturated heterocycles. The Kier molecular flexibility index (Phi) is 6.45. The first-order valence-corrected chi connectivity index (χ1v) is 19.1. The highest BCUT2D eigenvalue weighted by Gasteiger charge is 2.52. The number of fused-ring (bicyclic) bond motifs is 4. The van der Waals surface area contributed by atoms with Gasteiger partial charge in [0.1, 0.15) is 5.52 Å². The van der Waals surface area contributed by atoms with Crippen molar-refractivity contribution in [3.8, 4) is 56.2 Å². The molecule has 0 unspecified atom stereocenters.